The Hall–Kier alpha value is -3.38. The van der Waals surface area contributed by atoms with E-state index < -0.39 is 153 Å². The monoisotopic (exact) mass is 983 g/mol. The fourth-order valence-corrected chi connectivity index (χ4v) is 9.44. The molecule has 2 heterocycles. The fourth-order valence-electron chi connectivity index (χ4n) is 7.35. The average molecular weight is 984 g/mol. The Bertz CT molecular complexity index is 1640. The Balaban J connectivity index is 2.08. The molecule has 3 aliphatic rings. The van der Waals surface area contributed by atoms with Crippen LogP contribution in [0, 0.1) is 0 Å². The first-order chi connectivity index (χ1) is 29.3. The van der Waals surface area contributed by atoms with Crippen molar-refractivity contribution in [2.75, 3.05) is 13.2 Å². The average Bonchev–Trinajstić information content (AvgIpc) is 3.11. The molecule has 3 fully saturated rings. The smallest absolute Gasteiger partial charge is 0.385 e. The third-order valence-electron chi connectivity index (χ3n) is 9.99. The number of nitrogens with two attached hydrogens (primary N) is 1. The summed E-state index contributed by atoms with van der Waals surface area (Å²) in [5.41, 5.74) is 0.961. The molecule has 2 aliphatic heterocycles. The molecule has 23 nitrogen and oxygen atoms in total. The molecule has 14 atom stereocenters. The molecule has 24 heteroatoms. The van der Waals surface area contributed by atoms with Crippen molar-refractivity contribution in [3.8, 4) is 0 Å². The molecule has 0 aromatic carbocycles. The first-order valence-corrected chi connectivity index (χ1v) is 23.7. The summed E-state index contributed by atoms with van der Waals surface area (Å²) < 4.78 is 40.2. The van der Waals surface area contributed by atoms with Crippen molar-refractivity contribution in [1.82, 2.24) is 20.9 Å². The second-order valence-electron chi connectivity index (χ2n) is 19.4. The van der Waals surface area contributed by atoms with Gasteiger partial charge >= 0.3 is 248 Å². The number of amides is 5. The maximum atomic E-state index is 13.7. The van der Waals surface area contributed by atoms with Crippen LogP contribution in [-0.4, -0.2) is 190 Å². The molecule has 0 aromatic rings. The van der Waals surface area contributed by atoms with Crippen LogP contribution in [0.5, 0.6) is 0 Å². The van der Waals surface area contributed by atoms with E-state index in [2.05, 4.69) is 16.0 Å². The molecule has 64 heavy (non-hydrogen) atoms. The normalized spacial score (nSPS) is 31.9. The van der Waals surface area contributed by atoms with Gasteiger partial charge in [0.05, 0.1) is 6.10 Å². The Morgan fingerprint density at radius 3 is 1.92 bits per heavy atom. The first kappa shape index (κ1) is 54.9. The van der Waals surface area contributed by atoms with Crippen molar-refractivity contribution in [3.63, 3.8) is 0 Å². The van der Waals surface area contributed by atoms with Gasteiger partial charge in [-0.3, -0.25) is 4.79 Å². The van der Waals surface area contributed by atoms with Crippen LogP contribution < -0.4 is 21.7 Å². The van der Waals surface area contributed by atoms with Gasteiger partial charge in [0.15, 0.2) is 0 Å². The van der Waals surface area contributed by atoms with Crippen molar-refractivity contribution < 1.29 is 87.5 Å². The molecule has 1 aliphatic carbocycles. The summed E-state index contributed by atoms with van der Waals surface area (Å²) >= 11 is -1.40. The second-order valence-corrected chi connectivity index (χ2v) is 22.0. The number of imide groups is 1. The van der Waals surface area contributed by atoms with E-state index >= 15 is 0 Å². The third-order valence-corrected chi connectivity index (χ3v) is 11.9. The van der Waals surface area contributed by atoms with Gasteiger partial charge in [0.2, 0.25) is 5.91 Å². The quantitative estimate of drug-likeness (QED) is 0.0827. The molecule has 5 amide bonds. The number of hydrogen-bond acceptors (Lipinski definition) is 18. The minimum absolute atomic E-state index is 0.0249. The number of rotatable bonds is 14. The van der Waals surface area contributed by atoms with Gasteiger partial charge in [-0.2, -0.15) is 0 Å². The number of carbonyl (C=O) groups is 6. The second kappa shape index (κ2) is 22.4. The predicted molar refractivity (Wildman–Crippen MR) is 225 cm³/mol. The zero-order valence-corrected chi connectivity index (χ0v) is 40.5. The van der Waals surface area contributed by atoms with E-state index in [4.69, 9.17) is 38.9 Å². The molecule has 1 saturated carbocycles. The number of carboxylic acid groups (broad SMARTS) is 1. The van der Waals surface area contributed by atoms with Crippen molar-refractivity contribution in [2.24, 2.45) is 5.73 Å². The van der Waals surface area contributed by atoms with Gasteiger partial charge in [0.25, 0.3) is 0 Å². The molecule has 3 unspecified atom stereocenters. The molecule has 0 spiro atoms. The van der Waals surface area contributed by atoms with Crippen LogP contribution in [0.15, 0.2) is 0 Å². The molecule has 368 valence electrons. The number of carbonyl (C=O) groups excluding carboxylic acids is 5. The Labute approximate surface area is 379 Å². The molecular weight excluding hydrogens is 913 g/mol. The molecule has 3 rings (SSSR count). The van der Waals surface area contributed by atoms with E-state index in [1.54, 1.807) is 62.3 Å². The SMILES string of the molecule is CC(=O)N(C(=O)OC(C)(C)C)[C@@H]1[C@@H](O)[C@@H](O[C@@H]2[C@@H](O)[C@H](OC3O[C@H](CN)CC[C@H]3NC(=O)O)[C@@H](NC(=O)OC(C)(C)C)C[C@H]2NC(=O)C(O)CC[AsH]C(=O)OC(C)(C)C)OC[C@]1(C)O. The Morgan fingerprint density at radius 1 is 0.828 bits per heavy atom. The van der Waals surface area contributed by atoms with Crippen LogP contribution in [0.25, 0.3) is 0 Å². The number of ether oxygens (including phenoxy) is 7. The zero-order chi connectivity index (χ0) is 48.7. The van der Waals surface area contributed by atoms with E-state index in [1.807, 2.05) is 0 Å². The molecule has 0 radical (unpaired) electrons. The van der Waals surface area contributed by atoms with Crippen molar-refractivity contribution >= 4 is 50.6 Å². The molecule has 2 saturated heterocycles. The number of aliphatic hydroxyl groups excluding tert-OH is 3. The first-order valence-electron chi connectivity index (χ1n) is 21.2. The third kappa shape index (κ3) is 16.5. The number of aliphatic hydroxyl groups is 4. The van der Waals surface area contributed by atoms with E-state index in [-0.39, 0.29) is 31.0 Å². The van der Waals surface area contributed by atoms with E-state index in [0.717, 1.165) is 6.92 Å². The van der Waals surface area contributed by atoms with Crippen molar-refractivity contribution in [1.29, 1.82) is 0 Å². The van der Waals surface area contributed by atoms with Gasteiger partial charge < -0.3 is 26.0 Å². The zero-order valence-electron chi connectivity index (χ0n) is 38.4. The molecule has 0 bridgehead atoms. The van der Waals surface area contributed by atoms with E-state index in [1.165, 1.54) is 6.92 Å². The topological polar surface area (TPSA) is 334 Å². The van der Waals surface area contributed by atoms with Crippen LogP contribution in [0.2, 0.25) is 5.21 Å². The predicted octanol–water partition coefficient (Wildman–Crippen LogP) is 0.161. The minimum Gasteiger partial charge on any atom is -0.385 e. The van der Waals surface area contributed by atoms with Crippen LogP contribution >= 0.6 is 0 Å². The number of alkyl carbamates (subject to hydrolysis) is 1. The van der Waals surface area contributed by atoms with Gasteiger partial charge in [0.1, 0.15) is 5.60 Å². The van der Waals surface area contributed by atoms with Crippen LogP contribution in [0.1, 0.15) is 102 Å². The Kier molecular flexibility index (Phi) is 19.2. The van der Waals surface area contributed by atoms with Gasteiger partial charge in [0, 0.05) is 13.5 Å². The molecular formula is C40H70AsN5O18. The Morgan fingerprint density at radius 2 is 1.39 bits per heavy atom. The van der Waals surface area contributed by atoms with E-state index in [9.17, 15) is 54.3 Å². The van der Waals surface area contributed by atoms with Crippen LogP contribution in [0.3, 0.4) is 0 Å². The summed E-state index contributed by atoms with van der Waals surface area (Å²) in [5.74, 6) is -1.88. The summed E-state index contributed by atoms with van der Waals surface area (Å²) in [5, 5.41) is 64.0. The van der Waals surface area contributed by atoms with Crippen LogP contribution in [0.4, 0.5) is 19.2 Å². The number of hydrogen-bond donors (Lipinski definition) is 9. The van der Waals surface area contributed by atoms with Gasteiger partial charge in [-0.25, -0.2) is 9.59 Å². The summed E-state index contributed by atoms with van der Waals surface area (Å²) in [6.07, 6.45) is -16.3. The van der Waals surface area contributed by atoms with Gasteiger partial charge in [-0.05, 0) is 61.3 Å². The molecule has 10 N–H and O–H groups in total. The number of nitrogens with one attached hydrogen (secondary N) is 3. The van der Waals surface area contributed by atoms with Crippen molar-refractivity contribution in [2.45, 2.75) is 203 Å². The molecule has 0 aromatic heterocycles. The fraction of sp³-hybridized carbons (Fsp3) is 0.850. The van der Waals surface area contributed by atoms with Crippen LogP contribution in [-0.2, 0) is 42.7 Å². The van der Waals surface area contributed by atoms with Gasteiger partial charge in [-0.15, -0.1) is 0 Å². The van der Waals surface area contributed by atoms with Crippen molar-refractivity contribution in [3.05, 3.63) is 0 Å². The van der Waals surface area contributed by atoms with Gasteiger partial charge in [-0.1, -0.05) is 0 Å². The minimum atomic E-state index is -2.09. The standard InChI is InChI=1S/C40H70AsN5O18/c1-19(47)46(36(56)64-39(8,9)10)29-26(50)32(58-18-40(29,11)57)61-27-22(43-30(51)24(48)14-15-41-33(52)62-37(2,3)4)16-23(45-35(55)63-38(5,6)7)28(25(27)49)60-31-21(44-34(53)54)13-12-20(17-42)59-31/h20-29,31-32,41,44,48-50,57H,12-18,42H2,1-11H3,(H,43,51)(H,45,55)(H,53,54)/t20-,21+,22+,23-,24?,25+,26+,27-,28+,29+,31?,32+,40-/m0/s1. The maximum absolute atomic E-state index is 13.7. The summed E-state index contributed by atoms with van der Waals surface area (Å²) in [6, 6.07) is -5.41. The van der Waals surface area contributed by atoms with E-state index in [0.29, 0.717) is 11.3 Å². The summed E-state index contributed by atoms with van der Waals surface area (Å²) in [7, 11) is 0. The number of nitrogens with zero attached hydrogens (tertiary/aromatic N) is 1. The summed E-state index contributed by atoms with van der Waals surface area (Å²) in [6.45, 7) is 16.2. The summed E-state index contributed by atoms with van der Waals surface area (Å²) in [4.78, 5) is 78.1.